The predicted molar refractivity (Wildman–Crippen MR) is 84.1 cm³/mol. The van der Waals surface area contributed by atoms with Gasteiger partial charge in [-0.1, -0.05) is 32.6 Å². The topological polar surface area (TPSA) is 55.4 Å². The largest absolute Gasteiger partial charge is 0.385 e. The van der Waals surface area contributed by atoms with Gasteiger partial charge in [0.25, 0.3) is 0 Å². The minimum absolute atomic E-state index is 0.0173. The second-order valence-electron chi connectivity index (χ2n) is 6.31. The first kappa shape index (κ1) is 18.1. The fraction of sp³-hybridized carbons (Fsp3) is 0.882. The summed E-state index contributed by atoms with van der Waals surface area (Å²) >= 11 is 0. The number of nitrogens with one attached hydrogen (secondary N) is 1. The van der Waals surface area contributed by atoms with Gasteiger partial charge in [-0.05, 0) is 38.0 Å². The molecule has 2 atom stereocenters. The number of hydrogen-bond donors (Lipinski definition) is 1. The van der Waals surface area contributed by atoms with Crippen molar-refractivity contribution < 1.29 is 14.3 Å². The fourth-order valence-electron chi connectivity index (χ4n) is 3.25. The number of carbonyl (C=O) groups is 2. The van der Waals surface area contributed by atoms with Gasteiger partial charge in [-0.15, -0.1) is 0 Å². The Balaban J connectivity index is 2.49. The Kier molecular flexibility index (Phi) is 8.58. The first-order chi connectivity index (χ1) is 10.1. The van der Waals surface area contributed by atoms with E-state index in [0.29, 0.717) is 24.9 Å². The molecule has 122 valence electrons. The minimum atomic E-state index is -0.280. The molecule has 0 aliphatic heterocycles. The summed E-state index contributed by atoms with van der Waals surface area (Å²) in [5.74, 6) is 0.784. The third kappa shape index (κ3) is 6.60. The van der Waals surface area contributed by atoms with Crippen LogP contribution in [0.1, 0.15) is 65.2 Å². The fourth-order valence-corrected chi connectivity index (χ4v) is 3.25. The SMILES string of the molecule is CCC(CCOC)CC(=O)NC(C(C)=O)C1CCCCC1. The smallest absolute Gasteiger partial charge is 0.220 e. The maximum absolute atomic E-state index is 12.2. The minimum Gasteiger partial charge on any atom is -0.385 e. The molecule has 1 saturated carbocycles. The van der Waals surface area contributed by atoms with Crippen LogP contribution in [0, 0.1) is 11.8 Å². The van der Waals surface area contributed by atoms with Crippen LogP contribution < -0.4 is 5.32 Å². The Bertz CT molecular complexity index is 324. The lowest BCUT2D eigenvalue weighted by atomic mass is 9.82. The molecule has 0 aromatic heterocycles. The van der Waals surface area contributed by atoms with Crippen LogP contribution in [-0.2, 0) is 14.3 Å². The second kappa shape index (κ2) is 9.93. The summed E-state index contributed by atoms with van der Waals surface area (Å²) in [7, 11) is 1.68. The Morgan fingerprint density at radius 2 is 1.90 bits per heavy atom. The van der Waals surface area contributed by atoms with Gasteiger partial charge in [0.2, 0.25) is 5.91 Å². The van der Waals surface area contributed by atoms with E-state index >= 15 is 0 Å². The first-order valence-electron chi connectivity index (χ1n) is 8.37. The molecule has 1 fully saturated rings. The molecule has 21 heavy (non-hydrogen) atoms. The molecule has 4 nitrogen and oxygen atoms in total. The van der Waals surface area contributed by atoms with Crippen LogP contribution in [0.5, 0.6) is 0 Å². The monoisotopic (exact) mass is 297 g/mol. The molecule has 0 aromatic carbocycles. The zero-order valence-corrected chi connectivity index (χ0v) is 13.8. The summed E-state index contributed by atoms with van der Waals surface area (Å²) in [5, 5.41) is 3.00. The van der Waals surface area contributed by atoms with Crippen molar-refractivity contribution in [1.82, 2.24) is 5.32 Å². The number of amides is 1. The quantitative estimate of drug-likeness (QED) is 0.711. The second-order valence-corrected chi connectivity index (χ2v) is 6.31. The van der Waals surface area contributed by atoms with Crippen molar-refractivity contribution in [1.29, 1.82) is 0 Å². The van der Waals surface area contributed by atoms with E-state index in [1.807, 2.05) is 0 Å². The lowest BCUT2D eigenvalue weighted by molar-refractivity contribution is -0.129. The molecule has 1 N–H and O–H groups in total. The molecule has 0 spiro atoms. The lowest BCUT2D eigenvalue weighted by Crippen LogP contribution is -2.46. The van der Waals surface area contributed by atoms with Crippen LogP contribution in [0.3, 0.4) is 0 Å². The van der Waals surface area contributed by atoms with Crippen molar-refractivity contribution in [3.05, 3.63) is 0 Å². The Morgan fingerprint density at radius 3 is 2.43 bits per heavy atom. The van der Waals surface area contributed by atoms with Gasteiger partial charge < -0.3 is 10.1 Å². The summed E-state index contributed by atoms with van der Waals surface area (Å²) < 4.78 is 5.08. The van der Waals surface area contributed by atoms with Crippen molar-refractivity contribution in [3.63, 3.8) is 0 Å². The Morgan fingerprint density at radius 1 is 1.24 bits per heavy atom. The Labute approximate surface area is 129 Å². The molecule has 0 saturated heterocycles. The molecule has 1 aliphatic carbocycles. The van der Waals surface area contributed by atoms with Crippen molar-refractivity contribution >= 4 is 11.7 Å². The molecule has 1 amide bonds. The standard InChI is InChI=1S/C17H31NO3/c1-4-14(10-11-21-3)12-16(20)18-17(13(2)19)15-8-6-5-7-9-15/h14-15,17H,4-12H2,1-3H3,(H,18,20). The average Bonchev–Trinajstić information content (AvgIpc) is 2.49. The van der Waals surface area contributed by atoms with Crippen LogP contribution in [0.15, 0.2) is 0 Å². The number of methoxy groups -OCH3 is 1. The van der Waals surface area contributed by atoms with Gasteiger partial charge in [-0.25, -0.2) is 0 Å². The summed E-state index contributed by atoms with van der Waals surface area (Å²) in [6.45, 7) is 4.38. The van der Waals surface area contributed by atoms with Crippen LogP contribution >= 0.6 is 0 Å². The van der Waals surface area contributed by atoms with Crippen LogP contribution in [0.2, 0.25) is 0 Å². The maximum atomic E-state index is 12.2. The lowest BCUT2D eigenvalue weighted by Gasteiger charge is -2.29. The van der Waals surface area contributed by atoms with Crippen molar-refractivity contribution in [2.24, 2.45) is 11.8 Å². The molecule has 0 bridgehead atoms. The molecule has 0 radical (unpaired) electrons. The molecule has 4 heteroatoms. The van der Waals surface area contributed by atoms with E-state index in [1.54, 1.807) is 14.0 Å². The highest BCUT2D eigenvalue weighted by atomic mass is 16.5. The highest BCUT2D eigenvalue weighted by Gasteiger charge is 2.28. The zero-order chi connectivity index (χ0) is 15.7. The third-order valence-electron chi connectivity index (χ3n) is 4.66. The number of rotatable bonds is 9. The summed E-state index contributed by atoms with van der Waals surface area (Å²) in [4.78, 5) is 24.1. The summed E-state index contributed by atoms with van der Waals surface area (Å²) in [6, 6.07) is -0.280. The van der Waals surface area contributed by atoms with E-state index in [9.17, 15) is 9.59 Å². The van der Waals surface area contributed by atoms with E-state index in [4.69, 9.17) is 4.74 Å². The average molecular weight is 297 g/mol. The van der Waals surface area contributed by atoms with E-state index in [2.05, 4.69) is 12.2 Å². The molecule has 1 rings (SSSR count). The number of carbonyl (C=O) groups excluding carboxylic acids is 2. The van der Waals surface area contributed by atoms with Gasteiger partial charge in [0.05, 0.1) is 6.04 Å². The van der Waals surface area contributed by atoms with Gasteiger partial charge in [0, 0.05) is 20.1 Å². The Hall–Kier alpha value is -0.900. The van der Waals surface area contributed by atoms with Gasteiger partial charge in [-0.2, -0.15) is 0 Å². The van der Waals surface area contributed by atoms with Gasteiger partial charge >= 0.3 is 0 Å². The highest BCUT2D eigenvalue weighted by molar-refractivity contribution is 5.87. The molecular formula is C17H31NO3. The van der Waals surface area contributed by atoms with Crippen molar-refractivity contribution in [2.45, 2.75) is 71.3 Å². The highest BCUT2D eigenvalue weighted by Crippen LogP contribution is 2.27. The summed E-state index contributed by atoms with van der Waals surface area (Å²) in [5.41, 5.74) is 0. The maximum Gasteiger partial charge on any atom is 0.220 e. The third-order valence-corrected chi connectivity index (χ3v) is 4.66. The van der Waals surface area contributed by atoms with Crippen LogP contribution in [-0.4, -0.2) is 31.4 Å². The van der Waals surface area contributed by atoms with Gasteiger partial charge in [-0.3, -0.25) is 9.59 Å². The van der Waals surface area contributed by atoms with E-state index in [0.717, 1.165) is 25.7 Å². The number of hydrogen-bond acceptors (Lipinski definition) is 3. The molecule has 2 unspecified atom stereocenters. The van der Waals surface area contributed by atoms with Crippen LogP contribution in [0.4, 0.5) is 0 Å². The first-order valence-corrected chi connectivity index (χ1v) is 8.37. The van der Waals surface area contributed by atoms with Crippen LogP contribution in [0.25, 0.3) is 0 Å². The molecule has 0 heterocycles. The van der Waals surface area contributed by atoms with E-state index in [-0.39, 0.29) is 17.7 Å². The number of ketones is 1. The van der Waals surface area contributed by atoms with E-state index in [1.165, 1.54) is 19.3 Å². The predicted octanol–water partition coefficient (Wildman–Crippen LogP) is 3.09. The molecule has 1 aliphatic rings. The molecular weight excluding hydrogens is 266 g/mol. The summed E-state index contributed by atoms with van der Waals surface area (Å²) in [6.07, 6.45) is 8.09. The van der Waals surface area contributed by atoms with Gasteiger partial charge in [0.15, 0.2) is 5.78 Å². The normalized spacial score (nSPS) is 19.0. The van der Waals surface area contributed by atoms with Gasteiger partial charge in [0.1, 0.15) is 0 Å². The number of ether oxygens (including phenoxy) is 1. The van der Waals surface area contributed by atoms with Crippen molar-refractivity contribution in [2.75, 3.05) is 13.7 Å². The molecule has 0 aromatic rings. The zero-order valence-electron chi connectivity index (χ0n) is 13.8. The van der Waals surface area contributed by atoms with E-state index < -0.39 is 0 Å². The van der Waals surface area contributed by atoms with Crippen molar-refractivity contribution in [3.8, 4) is 0 Å². The number of Topliss-reactive ketones (excluding diaryl/α,β-unsaturated/α-hetero) is 1.